The van der Waals surface area contributed by atoms with Crippen LogP contribution in [0.15, 0.2) is 24.4 Å². The molecule has 3 heterocycles. The van der Waals surface area contributed by atoms with Crippen LogP contribution in [0.25, 0.3) is 0 Å². The molecule has 1 unspecified atom stereocenters. The van der Waals surface area contributed by atoms with Gasteiger partial charge in [-0.05, 0) is 25.0 Å². The largest absolute Gasteiger partial charge is 0.364 e. The van der Waals surface area contributed by atoms with Crippen LogP contribution in [-0.2, 0) is 4.79 Å². The van der Waals surface area contributed by atoms with Crippen molar-refractivity contribution in [2.75, 3.05) is 23.3 Å². The van der Waals surface area contributed by atoms with Crippen LogP contribution in [0.5, 0.6) is 0 Å². The molecule has 3 rings (SSSR count). The Morgan fingerprint density at radius 1 is 1.40 bits per heavy atom. The zero-order chi connectivity index (χ0) is 17.8. The number of amides is 2. The highest BCUT2D eigenvalue weighted by atomic mass is 32.1. The van der Waals surface area contributed by atoms with Crippen LogP contribution < -0.4 is 21.3 Å². The van der Waals surface area contributed by atoms with Crippen LogP contribution >= 0.6 is 11.3 Å². The molecule has 0 spiro atoms. The first-order chi connectivity index (χ1) is 12.0. The van der Waals surface area contributed by atoms with Gasteiger partial charge >= 0.3 is 0 Å². The molecule has 25 heavy (non-hydrogen) atoms. The van der Waals surface area contributed by atoms with E-state index in [1.807, 2.05) is 12.1 Å². The van der Waals surface area contributed by atoms with Crippen molar-refractivity contribution >= 4 is 39.1 Å². The molecule has 1 fully saturated rings. The number of hydrogen-bond donors (Lipinski definition) is 3. The molecule has 0 saturated carbocycles. The number of pyridine rings is 1. The third-order valence-corrected chi connectivity index (χ3v) is 4.89. The number of nitrogens with two attached hydrogens (primary N) is 1. The Hall–Kier alpha value is -2.68. The van der Waals surface area contributed by atoms with Crippen molar-refractivity contribution in [3.8, 4) is 0 Å². The predicted molar refractivity (Wildman–Crippen MR) is 97.2 cm³/mol. The third-order valence-electron chi connectivity index (χ3n) is 3.86. The zero-order valence-electron chi connectivity index (χ0n) is 13.9. The Morgan fingerprint density at radius 2 is 2.24 bits per heavy atom. The molecule has 2 aromatic rings. The molecule has 0 aromatic carbocycles. The van der Waals surface area contributed by atoms with Gasteiger partial charge in [0, 0.05) is 32.3 Å². The number of thiazole rings is 1. The van der Waals surface area contributed by atoms with Crippen molar-refractivity contribution in [1.82, 2.24) is 15.3 Å². The standard InChI is InChI=1S/C16H20N6O2S/c1-10(23)19-11-5-4-8-22(9-11)16-21-13(14(17)24)15(25-16)20-12-6-2-3-7-18-12/h2-3,6-7,11H,4-5,8-9H2,1H3,(H2,17,24)(H,18,20)(H,19,23). The normalized spacial score (nSPS) is 17.2. The predicted octanol–water partition coefficient (Wildman–Crippen LogP) is 1.49. The van der Waals surface area contributed by atoms with Gasteiger partial charge in [0.1, 0.15) is 10.8 Å². The molecule has 8 nitrogen and oxygen atoms in total. The molecule has 2 aromatic heterocycles. The average molecular weight is 360 g/mol. The van der Waals surface area contributed by atoms with Crippen LogP contribution in [-0.4, -0.2) is 40.9 Å². The minimum Gasteiger partial charge on any atom is -0.364 e. The zero-order valence-corrected chi connectivity index (χ0v) is 14.7. The van der Waals surface area contributed by atoms with E-state index in [4.69, 9.17) is 5.73 Å². The summed E-state index contributed by atoms with van der Waals surface area (Å²) < 4.78 is 0. The summed E-state index contributed by atoms with van der Waals surface area (Å²) in [6.45, 7) is 3.00. The molecule has 0 radical (unpaired) electrons. The minimum atomic E-state index is -0.587. The van der Waals surface area contributed by atoms with E-state index >= 15 is 0 Å². The monoisotopic (exact) mass is 360 g/mol. The van der Waals surface area contributed by atoms with E-state index in [0.717, 1.165) is 19.4 Å². The summed E-state index contributed by atoms with van der Waals surface area (Å²) in [4.78, 5) is 33.7. The fourth-order valence-electron chi connectivity index (χ4n) is 2.81. The molecule has 0 aliphatic carbocycles. The lowest BCUT2D eigenvalue weighted by Crippen LogP contribution is -2.47. The van der Waals surface area contributed by atoms with Gasteiger partial charge in [-0.3, -0.25) is 9.59 Å². The average Bonchev–Trinajstić information content (AvgIpc) is 2.99. The maximum Gasteiger partial charge on any atom is 0.270 e. The summed E-state index contributed by atoms with van der Waals surface area (Å²) in [7, 11) is 0. The minimum absolute atomic E-state index is 0.0404. The number of piperidine rings is 1. The van der Waals surface area contributed by atoms with Gasteiger partial charge in [-0.25, -0.2) is 9.97 Å². The number of nitrogens with one attached hydrogen (secondary N) is 2. The number of carbonyl (C=O) groups excluding carboxylic acids is 2. The topological polar surface area (TPSA) is 113 Å². The Morgan fingerprint density at radius 3 is 2.92 bits per heavy atom. The number of hydrogen-bond acceptors (Lipinski definition) is 7. The van der Waals surface area contributed by atoms with E-state index in [-0.39, 0.29) is 17.6 Å². The highest BCUT2D eigenvalue weighted by molar-refractivity contribution is 7.20. The summed E-state index contributed by atoms with van der Waals surface area (Å²) in [6, 6.07) is 5.55. The molecule has 9 heteroatoms. The molecule has 4 N–H and O–H groups in total. The fourth-order valence-corrected chi connectivity index (χ4v) is 3.82. The van der Waals surface area contributed by atoms with E-state index < -0.39 is 5.91 Å². The SMILES string of the molecule is CC(=O)NC1CCCN(c2nc(C(N)=O)c(Nc3ccccn3)s2)C1. The van der Waals surface area contributed by atoms with Gasteiger partial charge in [-0.1, -0.05) is 17.4 Å². The van der Waals surface area contributed by atoms with Crippen LogP contribution in [0.3, 0.4) is 0 Å². The van der Waals surface area contributed by atoms with Crippen LogP contribution in [0.1, 0.15) is 30.3 Å². The van der Waals surface area contributed by atoms with Crippen LogP contribution in [0.4, 0.5) is 16.0 Å². The van der Waals surface area contributed by atoms with E-state index in [1.54, 1.807) is 12.3 Å². The molecule has 132 valence electrons. The number of nitrogens with zero attached hydrogens (tertiary/aromatic N) is 3. The van der Waals surface area contributed by atoms with Gasteiger partial charge in [-0.2, -0.15) is 0 Å². The van der Waals surface area contributed by atoms with E-state index in [0.29, 0.717) is 22.5 Å². The molecule has 1 saturated heterocycles. The summed E-state index contributed by atoms with van der Waals surface area (Å²) in [5, 5.41) is 7.33. The number of primary amides is 1. The van der Waals surface area contributed by atoms with E-state index in [2.05, 4.69) is 25.5 Å². The lowest BCUT2D eigenvalue weighted by Gasteiger charge is -2.32. The number of aromatic nitrogens is 2. The van der Waals surface area contributed by atoms with Gasteiger partial charge in [0.15, 0.2) is 10.8 Å². The molecule has 2 amide bonds. The Balaban J connectivity index is 1.81. The fraction of sp³-hybridized carbons (Fsp3) is 0.375. The van der Waals surface area contributed by atoms with Crippen molar-refractivity contribution in [2.24, 2.45) is 5.73 Å². The van der Waals surface area contributed by atoms with Gasteiger partial charge in [-0.15, -0.1) is 0 Å². The molecule has 1 atom stereocenters. The molecular weight excluding hydrogens is 340 g/mol. The Labute approximate surface area is 149 Å². The second kappa shape index (κ2) is 7.47. The van der Waals surface area contributed by atoms with Crippen LogP contribution in [0.2, 0.25) is 0 Å². The first-order valence-corrected chi connectivity index (χ1v) is 8.85. The number of anilines is 3. The van der Waals surface area contributed by atoms with E-state index in [1.165, 1.54) is 18.3 Å². The van der Waals surface area contributed by atoms with Gasteiger partial charge in [0.2, 0.25) is 5.91 Å². The summed E-state index contributed by atoms with van der Waals surface area (Å²) in [5.74, 6) is -0.00681. The van der Waals surface area contributed by atoms with Crippen molar-refractivity contribution < 1.29 is 9.59 Å². The molecule has 1 aliphatic rings. The highest BCUT2D eigenvalue weighted by Gasteiger charge is 2.25. The Kier molecular flexibility index (Phi) is 5.13. The van der Waals surface area contributed by atoms with Crippen molar-refractivity contribution in [1.29, 1.82) is 0 Å². The number of carbonyl (C=O) groups is 2. The molecule has 0 bridgehead atoms. The number of rotatable bonds is 5. The summed E-state index contributed by atoms with van der Waals surface area (Å²) >= 11 is 1.36. The second-order valence-electron chi connectivity index (χ2n) is 5.86. The molecular formula is C16H20N6O2S. The highest BCUT2D eigenvalue weighted by Crippen LogP contribution is 2.34. The third kappa shape index (κ3) is 4.24. The lowest BCUT2D eigenvalue weighted by atomic mass is 10.1. The summed E-state index contributed by atoms with van der Waals surface area (Å²) in [5.41, 5.74) is 5.67. The van der Waals surface area contributed by atoms with Crippen molar-refractivity contribution in [2.45, 2.75) is 25.8 Å². The quantitative estimate of drug-likeness (QED) is 0.744. The second-order valence-corrected chi connectivity index (χ2v) is 6.84. The van der Waals surface area contributed by atoms with Crippen LogP contribution in [0, 0.1) is 0 Å². The van der Waals surface area contributed by atoms with E-state index in [9.17, 15) is 9.59 Å². The van der Waals surface area contributed by atoms with Gasteiger partial charge < -0.3 is 21.3 Å². The first kappa shape index (κ1) is 17.2. The maximum absolute atomic E-state index is 11.7. The van der Waals surface area contributed by atoms with Crippen molar-refractivity contribution in [3.63, 3.8) is 0 Å². The smallest absolute Gasteiger partial charge is 0.270 e. The molecule has 1 aliphatic heterocycles. The summed E-state index contributed by atoms with van der Waals surface area (Å²) in [6.07, 6.45) is 3.54. The van der Waals surface area contributed by atoms with Gasteiger partial charge in [0.25, 0.3) is 5.91 Å². The Bertz CT molecular complexity index is 763. The first-order valence-electron chi connectivity index (χ1n) is 8.03. The van der Waals surface area contributed by atoms with Gasteiger partial charge in [0.05, 0.1) is 0 Å². The lowest BCUT2D eigenvalue weighted by molar-refractivity contribution is -0.119. The van der Waals surface area contributed by atoms with Crippen molar-refractivity contribution in [3.05, 3.63) is 30.1 Å². The maximum atomic E-state index is 11.7.